The summed E-state index contributed by atoms with van der Waals surface area (Å²) in [6, 6.07) is 16.3. The highest BCUT2D eigenvalue weighted by Crippen LogP contribution is 2.35. The van der Waals surface area contributed by atoms with Crippen LogP contribution in [0.1, 0.15) is 47.7 Å². The van der Waals surface area contributed by atoms with Crippen molar-refractivity contribution in [2.45, 2.75) is 51.1 Å². The number of ether oxygens (including phenoxy) is 2. The average molecular weight is 493 g/mol. The fraction of sp³-hybridized carbons (Fsp3) is 0.357. The van der Waals surface area contributed by atoms with Crippen LogP contribution >= 0.6 is 11.3 Å². The molecule has 1 N–H and O–H groups in total. The van der Waals surface area contributed by atoms with Crippen molar-refractivity contribution in [1.82, 2.24) is 5.32 Å². The zero-order valence-corrected chi connectivity index (χ0v) is 21.3. The number of anilines is 1. The third kappa shape index (κ3) is 6.03. The average Bonchev–Trinajstić information content (AvgIpc) is 3.57. The molecular weight excluding hydrogens is 460 g/mol. The summed E-state index contributed by atoms with van der Waals surface area (Å²) in [5.74, 6) is 0.747. The molecule has 4 rings (SSSR count). The molecule has 1 aliphatic rings. The maximum absolute atomic E-state index is 13.9. The third-order valence-electron chi connectivity index (χ3n) is 6.39. The van der Waals surface area contributed by atoms with Crippen LogP contribution in [0.15, 0.2) is 60.0 Å². The van der Waals surface area contributed by atoms with Crippen molar-refractivity contribution >= 4 is 28.8 Å². The second-order valence-corrected chi connectivity index (χ2v) is 9.93. The second-order valence-electron chi connectivity index (χ2n) is 8.89. The van der Waals surface area contributed by atoms with Crippen molar-refractivity contribution in [3.05, 3.63) is 76.0 Å². The summed E-state index contributed by atoms with van der Waals surface area (Å²) >= 11 is 1.53. The molecule has 2 amide bonds. The van der Waals surface area contributed by atoms with Gasteiger partial charge in [0.1, 0.15) is 17.5 Å². The lowest BCUT2D eigenvalue weighted by atomic mass is 10.0. The van der Waals surface area contributed by atoms with Crippen molar-refractivity contribution in [2.24, 2.45) is 0 Å². The summed E-state index contributed by atoms with van der Waals surface area (Å²) in [6.45, 7) is 2.00. The highest BCUT2D eigenvalue weighted by Gasteiger charge is 2.35. The zero-order chi connectivity index (χ0) is 24.8. The highest BCUT2D eigenvalue weighted by atomic mass is 32.1. The van der Waals surface area contributed by atoms with E-state index in [0.29, 0.717) is 17.2 Å². The fourth-order valence-electron chi connectivity index (χ4n) is 4.53. The largest absolute Gasteiger partial charge is 0.497 e. The van der Waals surface area contributed by atoms with Crippen molar-refractivity contribution in [2.75, 3.05) is 19.1 Å². The van der Waals surface area contributed by atoms with Crippen LogP contribution < -0.4 is 19.7 Å². The van der Waals surface area contributed by atoms with Gasteiger partial charge < -0.3 is 14.8 Å². The Morgan fingerprint density at radius 1 is 1.03 bits per heavy atom. The summed E-state index contributed by atoms with van der Waals surface area (Å²) in [5, 5.41) is 5.17. The first kappa shape index (κ1) is 24.8. The van der Waals surface area contributed by atoms with Crippen LogP contribution in [0.25, 0.3) is 0 Å². The van der Waals surface area contributed by atoms with E-state index in [9.17, 15) is 9.59 Å². The highest BCUT2D eigenvalue weighted by molar-refractivity contribution is 7.10. The first-order valence-corrected chi connectivity index (χ1v) is 12.8. The van der Waals surface area contributed by atoms with E-state index >= 15 is 0 Å². The molecule has 2 aromatic carbocycles. The maximum Gasteiger partial charge on any atom is 0.248 e. The quantitative estimate of drug-likeness (QED) is 0.431. The number of carbonyl (C=O) groups is 2. The summed E-state index contributed by atoms with van der Waals surface area (Å²) < 4.78 is 11.0. The first-order valence-electron chi connectivity index (χ1n) is 11.9. The number of carbonyl (C=O) groups excluding carboxylic acids is 2. The Morgan fingerprint density at radius 3 is 2.26 bits per heavy atom. The molecule has 0 spiro atoms. The molecule has 1 aliphatic carbocycles. The topological polar surface area (TPSA) is 67.9 Å². The lowest BCUT2D eigenvalue weighted by Crippen LogP contribution is -2.46. The minimum atomic E-state index is -0.833. The van der Waals surface area contributed by atoms with Gasteiger partial charge in [0.05, 0.1) is 26.3 Å². The number of amides is 2. The molecule has 1 atom stereocenters. The molecule has 1 aromatic heterocycles. The van der Waals surface area contributed by atoms with Gasteiger partial charge in [-0.25, -0.2) is 0 Å². The van der Waals surface area contributed by atoms with Gasteiger partial charge in [-0.2, -0.15) is 0 Å². The Morgan fingerprint density at radius 2 is 1.69 bits per heavy atom. The van der Waals surface area contributed by atoms with E-state index in [1.807, 2.05) is 48.7 Å². The van der Waals surface area contributed by atoms with Gasteiger partial charge in [-0.05, 0) is 36.8 Å². The van der Waals surface area contributed by atoms with Gasteiger partial charge in [-0.3, -0.25) is 14.5 Å². The van der Waals surface area contributed by atoms with Crippen molar-refractivity contribution < 1.29 is 19.1 Å². The number of thiophene rings is 1. The van der Waals surface area contributed by atoms with Crippen LogP contribution in [0.2, 0.25) is 0 Å². The van der Waals surface area contributed by atoms with E-state index < -0.39 is 6.04 Å². The van der Waals surface area contributed by atoms with Gasteiger partial charge in [0.2, 0.25) is 11.8 Å². The normalized spacial score (nSPS) is 14.4. The van der Waals surface area contributed by atoms with E-state index in [1.165, 1.54) is 11.3 Å². The van der Waals surface area contributed by atoms with E-state index in [4.69, 9.17) is 9.47 Å². The van der Waals surface area contributed by atoms with E-state index in [0.717, 1.165) is 41.7 Å². The van der Waals surface area contributed by atoms with E-state index in [1.54, 1.807) is 37.3 Å². The number of rotatable bonds is 9. The Hall–Kier alpha value is -3.32. The predicted octanol–water partition coefficient (Wildman–Crippen LogP) is 5.45. The number of nitrogens with one attached hydrogen (secondary N) is 1. The van der Waals surface area contributed by atoms with Crippen molar-refractivity contribution in [3.8, 4) is 11.5 Å². The van der Waals surface area contributed by atoms with Crippen molar-refractivity contribution in [3.63, 3.8) is 0 Å². The van der Waals surface area contributed by atoms with Gasteiger partial charge in [0, 0.05) is 29.1 Å². The first-order chi connectivity index (χ1) is 17.0. The van der Waals surface area contributed by atoms with Gasteiger partial charge in [-0.1, -0.05) is 48.7 Å². The molecular formula is C28H32N2O4S. The number of hydrogen-bond donors (Lipinski definition) is 1. The molecule has 6 nitrogen and oxygen atoms in total. The number of nitrogens with zero attached hydrogens (tertiary/aromatic N) is 1. The molecule has 35 heavy (non-hydrogen) atoms. The SMILES string of the molecule is COc1cc(OC)cc(N(C(=O)Cc2cccs2)[C@@H](C(=O)NC2CCCC2)c2ccc(C)cc2)c1. The Kier molecular flexibility index (Phi) is 8.08. The van der Waals surface area contributed by atoms with E-state index in [-0.39, 0.29) is 24.3 Å². The third-order valence-corrected chi connectivity index (χ3v) is 7.27. The van der Waals surface area contributed by atoms with E-state index in [2.05, 4.69) is 5.32 Å². The molecule has 3 aromatic rings. The van der Waals surface area contributed by atoms with Crippen LogP contribution in [-0.4, -0.2) is 32.1 Å². The smallest absolute Gasteiger partial charge is 0.248 e. The Balaban J connectivity index is 1.81. The fourth-order valence-corrected chi connectivity index (χ4v) is 5.23. The Labute approximate surface area is 210 Å². The van der Waals surface area contributed by atoms with Gasteiger partial charge in [0.15, 0.2) is 0 Å². The van der Waals surface area contributed by atoms with Crippen LogP contribution in [0.3, 0.4) is 0 Å². The molecule has 1 fully saturated rings. The lowest BCUT2D eigenvalue weighted by molar-refractivity contribution is -0.127. The number of benzene rings is 2. The number of hydrogen-bond acceptors (Lipinski definition) is 5. The molecule has 184 valence electrons. The van der Waals surface area contributed by atoms with Crippen LogP contribution in [0.5, 0.6) is 11.5 Å². The molecule has 0 bridgehead atoms. The predicted molar refractivity (Wildman–Crippen MR) is 139 cm³/mol. The lowest BCUT2D eigenvalue weighted by Gasteiger charge is -2.33. The molecule has 1 heterocycles. The van der Waals surface area contributed by atoms with Gasteiger partial charge in [0.25, 0.3) is 0 Å². The number of methoxy groups -OCH3 is 2. The molecule has 0 unspecified atom stereocenters. The summed E-state index contributed by atoms with van der Waals surface area (Å²) in [6.07, 6.45) is 4.32. The zero-order valence-electron chi connectivity index (χ0n) is 20.5. The van der Waals surface area contributed by atoms with Gasteiger partial charge >= 0.3 is 0 Å². The second kappa shape index (κ2) is 11.4. The Bertz CT molecular complexity index is 1120. The minimum Gasteiger partial charge on any atom is -0.497 e. The summed E-state index contributed by atoms with van der Waals surface area (Å²) in [5.41, 5.74) is 2.39. The maximum atomic E-state index is 13.9. The van der Waals surface area contributed by atoms with Crippen LogP contribution in [0, 0.1) is 6.92 Å². The van der Waals surface area contributed by atoms with Crippen LogP contribution in [-0.2, 0) is 16.0 Å². The van der Waals surface area contributed by atoms with Gasteiger partial charge in [-0.15, -0.1) is 11.3 Å². The standard InChI is InChI=1S/C28H32N2O4S/c1-19-10-12-20(13-11-19)27(28(32)29-21-7-4-5-8-21)30(26(31)18-25-9-6-14-35-25)22-15-23(33-2)17-24(16-22)34-3/h6,9-17,21,27H,4-5,7-8,18H2,1-3H3,(H,29,32)/t27-/m1/s1. The van der Waals surface area contributed by atoms with Crippen LogP contribution in [0.4, 0.5) is 5.69 Å². The molecule has 7 heteroatoms. The summed E-state index contributed by atoms with van der Waals surface area (Å²) in [7, 11) is 3.14. The molecule has 1 saturated carbocycles. The summed E-state index contributed by atoms with van der Waals surface area (Å²) in [4.78, 5) is 30.3. The minimum absolute atomic E-state index is 0.129. The molecule has 0 aliphatic heterocycles. The molecule has 0 saturated heterocycles. The monoisotopic (exact) mass is 492 g/mol. The number of aryl methyl sites for hydroxylation is 1. The molecule has 0 radical (unpaired) electrons. The van der Waals surface area contributed by atoms with Crippen molar-refractivity contribution in [1.29, 1.82) is 0 Å².